The summed E-state index contributed by atoms with van der Waals surface area (Å²) in [6.45, 7) is 1.69. The predicted molar refractivity (Wildman–Crippen MR) is 100 cm³/mol. The van der Waals surface area contributed by atoms with Gasteiger partial charge in [-0.05, 0) is 60.9 Å². The maximum atomic E-state index is 14.2. The molecule has 27 heavy (non-hydrogen) atoms. The lowest BCUT2D eigenvalue weighted by atomic mass is 9.75. The summed E-state index contributed by atoms with van der Waals surface area (Å²) in [6.07, 6.45) is 3.69. The number of hydrogen-bond acceptors (Lipinski definition) is 3. The van der Waals surface area contributed by atoms with E-state index in [0.29, 0.717) is 24.0 Å². The second-order valence-electron chi connectivity index (χ2n) is 7.46. The Hall–Kier alpha value is -2.73. The molecule has 1 aliphatic rings. The van der Waals surface area contributed by atoms with Crippen LogP contribution < -0.4 is 5.48 Å². The van der Waals surface area contributed by atoms with Crippen LogP contribution in [-0.2, 0) is 17.3 Å². The van der Waals surface area contributed by atoms with Crippen molar-refractivity contribution in [3.8, 4) is 0 Å². The molecule has 140 valence electrons. The molecule has 0 saturated heterocycles. The average Bonchev–Trinajstić information content (AvgIpc) is 3.28. The Kier molecular flexibility index (Phi) is 4.23. The normalized spacial score (nSPS) is 22.3. The van der Waals surface area contributed by atoms with E-state index in [-0.39, 0.29) is 11.7 Å². The maximum absolute atomic E-state index is 14.2. The molecule has 1 fully saturated rings. The smallest absolute Gasteiger partial charge is 0.254 e. The van der Waals surface area contributed by atoms with Gasteiger partial charge in [0.05, 0.1) is 17.1 Å². The predicted octanol–water partition coefficient (Wildman–Crippen LogP) is 3.73. The molecule has 1 aliphatic carbocycles. The molecule has 1 aromatic heterocycles. The molecular formula is C21H22FN3O2. The third-order valence-corrected chi connectivity index (χ3v) is 6.08. The minimum Gasteiger partial charge on any atom is -0.289 e. The van der Waals surface area contributed by atoms with E-state index in [2.05, 4.69) is 17.2 Å². The number of hydroxylamine groups is 1. The Bertz CT molecular complexity index is 1030. The molecule has 1 heterocycles. The van der Waals surface area contributed by atoms with Crippen molar-refractivity contribution in [2.45, 2.75) is 37.5 Å². The van der Waals surface area contributed by atoms with Crippen molar-refractivity contribution in [2.24, 2.45) is 7.05 Å². The van der Waals surface area contributed by atoms with Gasteiger partial charge in [0.2, 0.25) is 0 Å². The van der Waals surface area contributed by atoms with Crippen LogP contribution in [0.4, 0.5) is 4.39 Å². The van der Waals surface area contributed by atoms with Gasteiger partial charge < -0.3 is 0 Å². The lowest BCUT2D eigenvalue weighted by Gasteiger charge is -2.29. The van der Waals surface area contributed by atoms with E-state index in [0.717, 1.165) is 22.9 Å². The van der Waals surface area contributed by atoms with Crippen molar-refractivity contribution in [3.63, 3.8) is 0 Å². The fraction of sp³-hybridized carbons (Fsp3) is 0.333. The quantitative estimate of drug-likeness (QED) is 0.547. The topological polar surface area (TPSA) is 67.2 Å². The van der Waals surface area contributed by atoms with Crippen LogP contribution in [0.1, 0.15) is 41.9 Å². The Labute approximate surface area is 156 Å². The summed E-state index contributed by atoms with van der Waals surface area (Å²) in [5.74, 6) is -0.665. The third kappa shape index (κ3) is 2.72. The Morgan fingerprint density at radius 1 is 1.37 bits per heavy atom. The number of carbonyl (C=O) groups excluding carboxylic acids is 1. The summed E-state index contributed by atoms with van der Waals surface area (Å²) in [6, 6.07) is 11.0. The molecule has 0 spiro atoms. The third-order valence-electron chi connectivity index (χ3n) is 6.08. The summed E-state index contributed by atoms with van der Waals surface area (Å²) < 4.78 is 16.0. The standard InChI is InChI=1S/C21H22FN3O2/c1-13-17(4-3-5-18(13)22)21(20(26)24-27)9-8-15(11-21)14-6-7-16-12-23-25(2)19(16)10-14/h3-7,10,12,15,27H,8-9,11H2,1-2H3,(H,24,26)/t15-,21-/m0/s1. The van der Waals surface area contributed by atoms with Crippen molar-refractivity contribution in [3.05, 3.63) is 65.1 Å². The zero-order valence-corrected chi connectivity index (χ0v) is 15.4. The van der Waals surface area contributed by atoms with Gasteiger partial charge in [0.15, 0.2) is 0 Å². The van der Waals surface area contributed by atoms with Gasteiger partial charge in [-0.3, -0.25) is 14.7 Å². The number of fused-ring (bicyclic) bond motifs is 1. The highest BCUT2D eigenvalue weighted by Crippen LogP contribution is 2.49. The highest BCUT2D eigenvalue weighted by atomic mass is 19.1. The fourth-order valence-corrected chi connectivity index (χ4v) is 4.55. The van der Waals surface area contributed by atoms with Crippen molar-refractivity contribution in [2.75, 3.05) is 0 Å². The zero-order chi connectivity index (χ0) is 19.2. The Balaban J connectivity index is 1.76. The maximum Gasteiger partial charge on any atom is 0.254 e. The number of aryl methyl sites for hydroxylation is 1. The van der Waals surface area contributed by atoms with Crippen LogP contribution in [0.2, 0.25) is 0 Å². The number of nitrogens with zero attached hydrogens (tertiary/aromatic N) is 2. The molecule has 0 bridgehead atoms. The molecule has 1 saturated carbocycles. The largest absolute Gasteiger partial charge is 0.289 e. The minimum absolute atomic E-state index is 0.143. The fourth-order valence-electron chi connectivity index (χ4n) is 4.55. The second-order valence-corrected chi connectivity index (χ2v) is 7.46. The summed E-state index contributed by atoms with van der Waals surface area (Å²) >= 11 is 0. The van der Waals surface area contributed by atoms with E-state index < -0.39 is 11.3 Å². The molecule has 3 aromatic rings. The molecule has 0 radical (unpaired) electrons. The number of halogens is 1. The number of rotatable bonds is 3. The molecule has 1 amide bonds. The average molecular weight is 367 g/mol. The first kappa shape index (κ1) is 17.7. The van der Waals surface area contributed by atoms with Gasteiger partial charge in [0, 0.05) is 12.4 Å². The summed E-state index contributed by atoms with van der Waals surface area (Å²) in [7, 11) is 1.90. The van der Waals surface area contributed by atoms with E-state index in [1.54, 1.807) is 19.1 Å². The SMILES string of the molecule is Cc1c(F)cccc1[C@]1(C(=O)NO)CC[C@H](c2ccc3cnn(C)c3c2)C1. The summed E-state index contributed by atoms with van der Waals surface area (Å²) in [4.78, 5) is 12.7. The molecule has 6 heteroatoms. The van der Waals surface area contributed by atoms with Gasteiger partial charge >= 0.3 is 0 Å². The monoisotopic (exact) mass is 367 g/mol. The molecule has 4 rings (SSSR count). The highest BCUT2D eigenvalue weighted by Gasteiger charge is 2.48. The first-order chi connectivity index (χ1) is 13.0. The summed E-state index contributed by atoms with van der Waals surface area (Å²) in [5.41, 5.74) is 4.17. The van der Waals surface area contributed by atoms with Gasteiger partial charge in [0.1, 0.15) is 5.82 Å². The number of amides is 1. The van der Waals surface area contributed by atoms with Gasteiger partial charge in [-0.1, -0.05) is 24.3 Å². The van der Waals surface area contributed by atoms with E-state index in [1.165, 1.54) is 6.07 Å². The molecule has 0 unspecified atom stereocenters. The van der Waals surface area contributed by atoms with Gasteiger partial charge in [0.25, 0.3) is 5.91 Å². The number of aromatic nitrogens is 2. The van der Waals surface area contributed by atoms with Crippen molar-refractivity contribution in [1.29, 1.82) is 0 Å². The lowest BCUT2D eigenvalue weighted by Crippen LogP contribution is -2.42. The van der Waals surface area contributed by atoms with E-state index in [1.807, 2.05) is 29.5 Å². The first-order valence-corrected chi connectivity index (χ1v) is 9.08. The van der Waals surface area contributed by atoms with Crippen LogP contribution >= 0.6 is 0 Å². The molecule has 0 aliphatic heterocycles. The van der Waals surface area contributed by atoms with Crippen LogP contribution in [0, 0.1) is 12.7 Å². The van der Waals surface area contributed by atoms with Crippen molar-refractivity contribution >= 4 is 16.8 Å². The van der Waals surface area contributed by atoms with Gasteiger partial charge in [-0.15, -0.1) is 0 Å². The second kappa shape index (κ2) is 6.46. The number of hydrogen-bond donors (Lipinski definition) is 2. The number of nitrogens with one attached hydrogen (secondary N) is 1. The molecule has 2 aromatic carbocycles. The van der Waals surface area contributed by atoms with Crippen LogP contribution in [0.5, 0.6) is 0 Å². The highest BCUT2D eigenvalue weighted by molar-refractivity contribution is 5.88. The molecule has 2 atom stereocenters. The van der Waals surface area contributed by atoms with E-state index >= 15 is 0 Å². The van der Waals surface area contributed by atoms with Crippen molar-refractivity contribution < 1.29 is 14.4 Å². The summed E-state index contributed by atoms with van der Waals surface area (Å²) in [5, 5.41) is 14.7. The Morgan fingerprint density at radius 2 is 2.19 bits per heavy atom. The molecule has 2 N–H and O–H groups in total. The number of benzene rings is 2. The lowest BCUT2D eigenvalue weighted by molar-refractivity contribution is -0.135. The van der Waals surface area contributed by atoms with Gasteiger partial charge in [-0.2, -0.15) is 5.10 Å². The van der Waals surface area contributed by atoms with Crippen LogP contribution in [0.3, 0.4) is 0 Å². The number of carbonyl (C=O) groups is 1. The zero-order valence-electron chi connectivity index (χ0n) is 15.4. The van der Waals surface area contributed by atoms with Crippen LogP contribution in [0.25, 0.3) is 10.9 Å². The van der Waals surface area contributed by atoms with Crippen molar-refractivity contribution in [1.82, 2.24) is 15.3 Å². The van der Waals surface area contributed by atoms with Crippen LogP contribution in [0.15, 0.2) is 42.6 Å². The van der Waals surface area contributed by atoms with E-state index in [4.69, 9.17) is 0 Å². The van der Waals surface area contributed by atoms with Gasteiger partial charge in [-0.25, -0.2) is 9.87 Å². The van der Waals surface area contributed by atoms with E-state index in [9.17, 15) is 14.4 Å². The minimum atomic E-state index is -0.937. The first-order valence-electron chi connectivity index (χ1n) is 9.08. The van der Waals surface area contributed by atoms with Crippen LogP contribution in [-0.4, -0.2) is 20.9 Å². The Morgan fingerprint density at radius 3 is 2.96 bits per heavy atom. The molecule has 5 nitrogen and oxygen atoms in total. The molecular weight excluding hydrogens is 345 g/mol.